The van der Waals surface area contributed by atoms with E-state index in [9.17, 15) is 4.79 Å². The van der Waals surface area contributed by atoms with E-state index >= 15 is 0 Å². The fraction of sp³-hybridized carbons (Fsp3) is 0.533. The normalized spacial score (nSPS) is 25.9. The number of nitrogens with one attached hydrogen (secondary N) is 1. The summed E-state index contributed by atoms with van der Waals surface area (Å²) in [5.74, 6) is 1.16. The van der Waals surface area contributed by atoms with Crippen LogP contribution in [0.25, 0.3) is 0 Å². The molecule has 1 aromatic carbocycles. The van der Waals surface area contributed by atoms with Crippen molar-refractivity contribution in [2.75, 3.05) is 19.5 Å². The molecule has 0 spiro atoms. The van der Waals surface area contributed by atoms with Gasteiger partial charge in [0, 0.05) is 5.69 Å². The summed E-state index contributed by atoms with van der Waals surface area (Å²) in [4.78, 5) is 12.1. The van der Waals surface area contributed by atoms with Gasteiger partial charge < -0.3 is 14.8 Å². The van der Waals surface area contributed by atoms with Crippen LogP contribution in [-0.2, 0) is 9.53 Å². The summed E-state index contributed by atoms with van der Waals surface area (Å²) in [5.41, 5.74) is 0.336. The lowest BCUT2D eigenvalue weighted by molar-refractivity contribution is -0.145. The van der Waals surface area contributed by atoms with Gasteiger partial charge in [-0.1, -0.05) is 6.92 Å². The molecular formula is C15H21NO3. The van der Waals surface area contributed by atoms with Gasteiger partial charge in [-0.05, 0) is 49.4 Å². The molecule has 0 aliphatic heterocycles. The van der Waals surface area contributed by atoms with Crippen LogP contribution >= 0.6 is 0 Å². The molecule has 2 atom stereocenters. The predicted octanol–water partition coefficient (Wildman–Crippen LogP) is 2.84. The van der Waals surface area contributed by atoms with E-state index in [1.54, 1.807) is 7.11 Å². The Morgan fingerprint density at radius 3 is 2.47 bits per heavy atom. The molecule has 4 heteroatoms. The maximum absolute atomic E-state index is 12.1. The molecular weight excluding hydrogens is 242 g/mol. The molecule has 0 saturated heterocycles. The molecule has 0 bridgehead atoms. The van der Waals surface area contributed by atoms with Crippen LogP contribution in [0.2, 0.25) is 0 Å². The number of ether oxygens (including phenoxy) is 2. The van der Waals surface area contributed by atoms with Crippen LogP contribution in [0.5, 0.6) is 5.75 Å². The van der Waals surface area contributed by atoms with E-state index in [2.05, 4.69) is 12.2 Å². The highest BCUT2D eigenvalue weighted by molar-refractivity contribution is 5.85. The van der Waals surface area contributed by atoms with Gasteiger partial charge in [-0.25, -0.2) is 4.79 Å². The molecule has 1 saturated carbocycles. The highest BCUT2D eigenvalue weighted by atomic mass is 16.5. The van der Waals surface area contributed by atoms with Crippen LogP contribution < -0.4 is 10.1 Å². The first-order valence-electron chi connectivity index (χ1n) is 6.60. The van der Waals surface area contributed by atoms with Crippen molar-refractivity contribution in [3.8, 4) is 5.75 Å². The van der Waals surface area contributed by atoms with Gasteiger partial charge in [-0.15, -0.1) is 0 Å². The molecule has 0 amide bonds. The molecule has 0 heterocycles. The zero-order valence-electron chi connectivity index (χ0n) is 11.7. The standard InChI is InChI=1S/C15H21NO3/c1-11-8-9-15(10-11,14(17)19-3)16-12-4-6-13(18-2)7-5-12/h4-7,11,16H,8-10H2,1-3H3. The van der Waals surface area contributed by atoms with E-state index in [1.165, 1.54) is 7.11 Å². The molecule has 1 aliphatic rings. The molecule has 19 heavy (non-hydrogen) atoms. The van der Waals surface area contributed by atoms with Crippen molar-refractivity contribution in [3.63, 3.8) is 0 Å². The maximum Gasteiger partial charge on any atom is 0.331 e. The van der Waals surface area contributed by atoms with Crippen molar-refractivity contribution >= 4 is 11.7 Å². The number of methoxy groups -OCH3 is 2. The van der Waals surface area contributed by atoms with Crippen LogP contribution in [-0.4, -0.2) is 25.7 Å². The molecule has 1 fully saturated rings. The summed E-state index contributed by atoms with van der Waals surface area (Å²) >= 11 is 0. The molecule has 0 aromatic heterocycles. The minimum Gasteiger partial charge on any atom is -0.497 e. The summed E-state index contributed by atoms with van der Waals surface area (Å²) in [5, 5.41) is 3.36. The van der Waals surface area contributed by atoms with Crippen molar-refractivity contribution in [1.82, 2.24) is 0 Å². The lowest BCUT2D eigenvalue weighted by Gasteiger charge is -2.28. The van der Waals surface area contributed by atoms with Crippen LogP contribution in [0.15, 0.2) is 24.3 Å². The first kappa shape index (κ1) is 13.7. The van der Waals surface area contributed by atoms with Gasteiger partial charge in [0.15, 0.2) is 0 Å². The number of benzene rings is 1. The van der Waals surface area contributed by atoms with Crippen molar-refractivity contribution < 1.29 is 14.3 Å². The molecule has 104 valence electrons. The van der Waals surface area contributed by atoms with Crippen LogP contribution in [0.3, 0.4) is 0 Å². The van der Waals surface area contributed by atoms with Crippen molar-refractivity contribution in [2.24, 2.45) is 5.92 Å². The second-order valence-electron chi connectivity index (χ2n) is 5.28. The van der Waals surface area contributed by atoms with E-state index in [0.29, 0.717) is 5.92 Å². The summed E-state index contributed by atoms with van der Waals surface area (Å²) in [6.07, 6.45) is 2.66. The summed E-state index contributed by atoms with van der Waals surface area (Å²) in [6, 6.07) is 7.61. The van der Waals surface area contributed by atoms with Gasteiger partial charge in [0.05, 0.1) is 14.2 Å². The number of rotatable bonds is 4. The first-order chi connectivity index (χ1) is 9.09. The third-order valence-corrected chi connectivity index (χ3v) is 3.81. The van der Waals surface area contributed by atoms with E-state index in [0.717, 1.165) is 30.7 Å². The Morgan fingerprint density at radius 1 is 1.32 bits per heavy atom. The molecule has 1 aliphatic carbocycles. The molecule has 0 radical (unpaired) electrons. The minimum atomic E-state index is -0.581. The molecule has 2 rings (SSSR count). The third-order valence-electron chi connectivity index (χ3n) is 3.81. The average Bonchev–Trinajstić information content (AvgIpc) is 2.81. The van der Waals surface area contributed by atoms with Gasteiger partial charge in [-0.2, -0.15) is 0 Å². The highest BCUT2D eigenvalue weighted by Crippen LogP contribution is 2.38. The Bertz CT molecular complexity index is 443. The number of hydrogen-bond acceptors (Lipinski definition) is 4. The Kier molecular flexibility index (Phi) is 3.98. The monoisotopic (exact) mass is 263 g/mol. The number of carbonyl (C=O) groups is 1. The molecule has 1 N–H and O–H groups in total. The molecule has 4 nitrogen and oxygen atoms in total. The van der Waals surface area contributed by atoms with E-state index < -0.39 is 5.54 Å². The van der Waals surface area contributed by atoms with E-state index in [1.807, 2.05) is 24.3 Å². The van der Waals surface area contributed by atoms with Crippen molar-refractivity contribution in [2.45, 2.75) is 31.7 Å². The maximum atomic E-state index is 12.1. The Balaban J connectivity index is 2.18. The van der Waals surface area contributed by atoms with Crippen LogP contribution in [0.1, 0.15) is 26.2 Å². The second kappa shape index (κ2) is 5.51. The van der Waals surface area contributed by atoms with E-state index in [4.69, 9.17) is 9.47 Å². The SMILES string of the molecule is COC(=O)C1(Nc2ccc(OC)cc2)CCC(C)C1. The number of anilines is 1. The van der Waals surface area contributed by atoms with E-state index in [-0.39, 0.29) is 5.97 Å². The Labute approximate surface area is 114 Å². The lowest BCUT2D eigenvalue weighted by Crippen LogP contribution is -2.45. The third kappa shape index (κ3) is 2.83. The van der Waals surface area contributed by atoms with Crippen LogP contribution in [0, 0.1) is 5.92 Å². The molecule has 2 unspecified atom stereocenters. The van der Waals surface area contributed by atoms with Crippen molar-refractivity contribution in [3.05, 3.63) is 24.3 Å². The Morgan fingerprint density at radius 2 is 2.00 bits per heavy atom. The van der Waals surface area contributed by atoms with Gasteiger partial charge >= 0.3 is 5.97 Å². The topological polar surface area (TPSA) is 47.6 Å². The van der Waals surface area contributed by atoms with Gasteiger partial charge in [0.25, 0.3) is 0 Å². The van der Waals surface area contributed by atoms with Gasteiger partial charge in [0.1, 0.15) is 11.3 Å². The van der Waals surface area contributed by atoms with Gasteiger partial charge in [0.2, 0.25) is 0 Å². The minimum absolute atomic E-state index is 0.173. The molecule has 1 aromatic rings. The average molecular weight is 263 g/mol. The zero-order valence-corrected chi connectivity index (χ0v) is 11.7. The quantitative estimate of drug-likeness (QED) is 0.849. The summed E-state index contributed by atoms with van der Waals surface area (Å²) in [6.45, 7) is 2.17. The fourth-order valence-electron chi connectivity index (χ4n) is 2.79. The smallest absolute Gasteiger partial charge is 0.331 e. The number of hydrogen-bond donors (Lipinski definition) is 1. The zero-order chi connectivity index (χ0) is 13.9. The number of carbonyl (C=O) groups excluding carboxylic acids is 1. The second-order valence-corrected chi connectivity index (χ2v) is 5.28. The fourth-order valence-corrected chi connectivity index (χ4v) is 2.79. The first-order valence-corrected chi connectivity index (χ1v) is 6.60. The van der Waals surface area contributed by atoms with Crippen molar-refractivity contribution in [1.29, 1.82) is 0 Å². The summed E-state index contributed by atoms with van der Waals surface area (Å²) < 4.78 is 10.1. The summed E-state index contributed by atoms with van der Waals surface area (Å²) in [7, 11) is 3.08. The lowest BCUT2D eigenvalue weighted by atomic mass is 9.95. The number of esters is 1. The largest absolute Gasteiger partial charge is 0.497 e. The van der Waals surface area contributed by atoms with Crippen LogP contribution in [0.4, 0.5) is 5.69 Å². The predicted molar refractivity (Wildman–Crippen MR) is 74.4 cm³/mol. The van der Waals surface area contributed by atoms with Gasteiger partial charge in [-0.3, -0.25) is 0 Å². The highest BCUT2D eigenvalue weighted by Gasteiger charge is 2.45. The Hall–Kier alpha value is -1.71.